The van der Waals surface area contributed by atoms with Gasteiger partial charge in [0.1, 0.15) is 0 Å². The Balaban J connectivity index is 1.59. The summed E-state index contributed by atoms with van der Waals surface area (Å²) in [5, 5.41) is 5.80. The summed E-state index contributed by atoms with van der Waals surface area (Å²) in [6.45, 7) is 5.13. The number of hydrogen-bond acceptors (Lipinski definition) is 4. The molecule has 1 aromatic heterocycles. The maximum atomic E-state index is 11.8. The normalized spacial score (nSPS) is 18.6. The molecule has 0 saturated carbocycles. The van der Waals surface area contributed by atoms with Crippen LogP contribution in [0.5, 0.6) is 0 Å². The van der Waals surface area contributed by atoms with Crippen molar-refractivity contribution in [1.82, 2.24) is 20.5 Å². The Bertz CT molecular complexity index is 427. The summed E-state index contributed by atoms with van der Waals surface area (Å²) in [6, 6.07) is 3.68. The van der Waals surface area contributed by atoms with Gasteiger partial charge in [-0.05, 0) is 36.6 Å². The molecule has 1 atom stereocenters. The van der Waals surface area contributed by atoms with Crippen LogP contribution in [0.25, 0.3) is 0 Å². The van der Waals surface area contributed by atoms with E-state index >= 15 is 0 Å². The zero-order valence-corrected chi connectivity index (χ0v) is 12.5. The largest absolute Gasteiger partial charge is 0.383 e. The van der Waals surface area contributed by atoms with Crippen LogP contribution in [0.4, 0.5) is 4.79 Å². The van der Waals surface area contributed by atoms with Crippen molar-refractivity contribution >= 4 is 6.03 Å². The number of nitrogens with zero attached hydrogens (tertiary/aromatic N) is 2. The number of methoxy groups -OCH3 is 1. The molecule has 2 heterocycles. The molecule has 0 aromatic carbocycles. The number of rotatable bonds is 7. The van der Waals surface area contributed by atoms with Crippen molar-refractivity contribution in [3.8, 4) is 0 Å². The fourth-order valence-electron chi connectivity index (χ4n) is 2.49. The highest BCUT2D eigenvalue weighted by Crippen LogP contribution is 2.14. The van der Waals surface area contributed by atoms with Gasteiger partial charge in [-0.25, -0.2) is 4.79 Å². The third-order valence-electron chi connectivity index (χ3n) is 3.74. The van der Waals surface area contributed by atoms with E-state index in [0.29, 0.717) is 12.5 Å². The van der Waals surface area contributed by atoms with Gasteiger partial charge in [-0.1, -0.05) is 0 Å². The Morgan fingerprint density at radius 1 is 1.43 bits per heavy atom. The van der Waals surface area contributed by atoms with Crippen LogP contribution in [-0.4, -0.2) is 55.8 Å². The van der Waals surface area contributed by atoms with Gasteiger partial charge in [-0.2, -0.15) is 0 Å². The van der Waals surface area contributed by atoms with E-state index in [1.54, 1.807) is 19.5 Å². The van der Waals surface area contributed by atoms with Crippen molar-refractivity contribution in [1.29, 1.82) is 0 Å². The van der Waals surface area contributed by atoms with Gasteiger partial charge in [-0.3, -0.25) is 4.98 Å². The predicted molar refractivity (Wildman–Crippen MR) is 80.9 cm³/mol. The molecule has 0 aliphatic carbocycles. The highest BCUT2D eigenvalue weighted by Gasteiger charge is 2.22. The molecule has 6 nitrogen and oxygen atoms in total. The molecule has 116 valence electrons. The smallest absolute Gasteiger partial charge is 0.315 e. The predicted octanol–water partition coefficient (Wildman–Crippen LogP) is 0.849. The molecular weight excluding hydrogens is 268 g/mol. The average molecular weight is 292 g/mol. The van der Waals surface area contributed by atoms with E-state index in [4.69, 9.17) is 4.74 Å². The molecule has 21 heavy (non-hydrogen) atoms. The molecule has 0 spiro atoms. The molecule has 6 heteroatoms. The molecule has 1 aromatic rings. The zero-order chi connectivity index (χ0) is 14.9. The molecule has 0 bridgehead atoms. The summed E-state index contributed by atoms with van der Waals surface area (Å²) in [5.41, 5.74) is 1.05. The van der Waals surface area contributed by atoms with E-state index in [9.17, 15) is 4.79 Å². The van der Waals surface area contributed by atoms with Crippen molar-refractivity contribution in [3.05, 3.63) is 30.1 Å². The quantitative estimate of drug-likeness (QED) is 0.782. The number of urea groups is 1. The Kier molecular flexibility index (Phi) is 6.43. The molecule has 2 amide bonds. The minimum absolute atomic E-state index is 0.109. The maximum absolute atomic E-state index is 11.8. The highest BCUT2D eigenvalue weighted by molar-refractivity contribution is 5.73. The van der Waals surface area contributed by atoms with E-state index in [1.807, 2.05) is 12.1 Å². The Hall–Kier alpha value is -1.66. The van der Waals surface area contributed by atoms with E-state index in [-0.39, 0.29) is 6.03 Å². The van der Waals surface area contributed by atoms with Crippen LogP contribution < -0.4 is 10.6 Å². The molecular formula is C15H24N4O2. The van der Waals surface area contributed by atoms with Gasteiger partial charge in [0.05, 0.1) is 6.61 Å². The highest BCUT2D eigenvalue weighted by atomic mass is 16.5. The fourth-order valence-corrected chi connectivity index (χ4v) is 2.49. The van der Waals surface area contributed by atoms with Crippen LogP contribution in [0.1, 0.15) is 12.0 Å². The first kappa shape index (κ1) is 15.7. The van der Waals surface area contributed by atoms with Crippen molar-refractivity contribution in [2.45, 2.75) is 13.0 Å². The summed E-state index contributed by atoms with van der Waals surface area (Å²) in [4.78, 5) is 18.1. The SMILES string of the molecule is COCCN1CCC(CNC(=O)NCc2ccncc2)C1. The second-order valence-electron chi connectivity index (χ2n) is 5.37. The Morgan fingerprint density at radius 3 is 3.00 bits per heavy atom. The third kappa shape index (κ3) is 5.69. The minimum Gasteiger partial charge on any atom is -0.383 e. The van der Waals surface area contributed by atoms with Crippen molar-refractivity contribution in [2.24, 2.45) is 5.92 Å². The molecule has 1 unspecified atom stereocenters. The van der Waals surface area contributed by atoms with Crippen molar-refractivity contribution < 1.29 is 9.53 Å². The van der Waals surface area contributed by atoms with Crippen LogP contribution in [0.15, 0.2) is 24.5 Å². The Morgan fingerprint density at radius 2 is 2.24 bits per heavy atom. The minimum atomic E-state index is -0.109. The summed E-state index contributed by atoms with van der Waals surface area (Å²) < 4.78 is 5.09. The van der Waals surface area contributed by atoms with Gasteiger partial charge in [0.2, 0.25) is 0 Å². The lowest BCUT2D eigenvalue weighted by atomic mass is 10.1. The lowest BCUT2D eigenvalue weighted by Crippen LogP contribution is -2.38. The van der Waals surface area contributed by atoms with Gasteiger partial charge in [-0.15, -0.1) is 0 Å². The molecule has 1 saturated heterocycles. The maximum Gasteiger partial charge on any atom is 0.315 e. The van der Waals surface area contributed by atoms with Crippen molar-refractivity contribution in [3.63, 3.8) is 0 Å². The monoisotopic (exact) mass is 292 g/mol. The van der Waals surface area contributed by atoms with Gasteiger partial charge in [0, 0.05) is 45.7 Å². The first-order chi connectivity index (χ1) is 10.3. The number of hydrogen-bond donors (Lipinski definition) is 2. The number of aromatic nitrogens is 1. The number of likely N-dealkylation sites (tertiary alicyclic amines) is 1. The van der Waals surface area contributed by atoms with Gasteiger partial charge in [0.15, 0.2) is 0 Å². The molecule has 0 radical (unpaired) electrons. The number of amides is 2. The van der Waals surface area contributed by atoms with E-state index in [1.165, 1.54) is 0 Å². The number of pyridine rings is 1. The second-order valence-corrected chi connectivity index (χ2v) is 5.37. The van der Waals surface area contributed by atoms with Gasteiger partial charge >= 0.3 is 6.03 Å². The summed E-state index contributed by atoms with van der Waals surface area (Å²) in [7, 11) is 1.72. The zero-order valence-electron chi connectivity index (χ0n) is 12.5. The van der Waals surface area contributed by atoms with Crippen LogP contribution in [-0.2, 0) is 11.3 Å². The third-order valence-corrected chi connectivity index (χ3v) is 3.74. The molecule has 1 fully saturated rings. The Labute approximate surface area is 125 Å². The van der Waals surface area contributed by atoms with E-state index in [0.717, 1.165) is 44.8 Å². The molecule has 1 aliphatic rings. The standard InChI is InChI=1S/C15H24N4O2/c1-21-9-8-19-7-4-14(12-19)11-18-15(20)17-10-13-2-5-16-6-3-13/h2-3,5-6,14H,4,7-12H2,1H3,(H2,17,18,20). The van der Waals surface area contributed by atoms with E-state index in [2.05, 4.69) is 20.5 Å². The van der Waals surface area contributed by atoms with Crippen LogP contribution in [0.2, 0.25) is 0 Å². The number of ether oxygens (including phenoxy) is 1. The molecule has 1 aliphatic heterocycles. The lowest BCUT2D eigenvalue weighted by Gasteiger charge is -2.15. The van der Waals surface area contributed by atoms with Crippen LogP contribution in [0.3, 0.4) is 0 Å². The fraction of sp³-hybridized carbons (Fsp3) is 0.600. The number of carbonyl (C=O) groups excluding carboxylic acids is 1. The van der Waals surface area contributed by atoms with Crippen LogP contribution >= 0.6 is 0 Å². The number of nitrogens with one attached hydrogen (secondary N) is 2. The van der Waals surface area contributed by atoms with Gasteiger partial charge < -0.3 is 20.3 Å². The number of carbonyl (C=O) groups is 1. The summed E-state index contributed by atoms with van der Waals surface area (Å²) in [6.07, 6.45) is 4.58. The second kappa shape index (κ2) is 8.59. The lowest BCUT2D eigenvalue weighted by molar-refractivity contribution is 0.159. The van der Waals surface area contributed by atoms with Gasteiger partial charge in [0.25, 0.3) is 0 Å². The molecule has 2 N–H and O–H groups in total. The average Bonchev–Trinajstić information content (AvgIpc) is 2.98. The van der Waals surface area contributed by atoms with Crippen LogP contribution in [0, 0.1) is 5.92 Å². The first-order valence-electron chi connectivity index (χ1n) is 7.40. The van der Waals surface area contributed by atoms with E-state index < -0.39 is 0 Å². The molecule has 2 rings (SSSR count). The van der Waals surface area contributed by atoms with Crippen molar-refractivity contribution in [2.75, 3.05) is 39.9 Å². The summed E-state index contributed by atoms with van der Waals surface area (Å²) >= 11 is 0. The first-order valence-corrected chi connectivity index (χ1v) is 7.40. The summed E-state index contributed by atoms with van der Waals surface area (Å²) in [5.74, 6) is 0.536. The topological polar surface area (TPSA) is 66.5 Å².